The van der Waals surface area contributed by atoms with Gasteiger partial charge >= 0.3 is 5.97 Å². The van der Waals surface area contributed by atoms with E-state index in [1.165, 1.54) is 43.3 Å². The molecule has 0 bridgehead atoms. The molecule has 27 heavy (non-hydrogen) atoms. The van der Waals surface area contributed by atoms with E-state index >= 15 is 0 Å². The monoisotopic (exact) mass is 363 g/mol. The maximum Gasteiger partial charge on any atom is 0.331 e. The fourth-order valence-electron chi connectivity index (χ4n) is 2.52. The van der Waals surface area contributed by atoms with E-state index in [0.717, 1.165) is 10.8 Å². The summed E-state index contributed by atoms with van der Waals surface area (Å²) >= 11 is 0. The van der Waals surface area contributed by atoms with E-state index in [0.29, 0.717) is 11.3 Å². The molecule has 136 valence electrons. The summed E-state index contributed by atoms with van der Waals surface area (Å²) in [7, 11) is 0. The Balaban J connectivity index is 1.57. The molecule has 1 amide bonds. The summed E-state index contributed by atoms with van der Waals surface area (Å²) in [5.41, 5.74) is 1.28. The van der Waals surface area contributed by atoms with Gasteiger partial charge in [-0.1, -0.05) is 42.5 Å². The zero-order chi connectivity index (χ0) is 19.2. The Morgan fingerprint density at radius 3 is 2.44 bits per heavy atom. The van der Waals surface area contributed by atoms with Crippen LogP contribution in [0.2, 0.25) is 0 Å². The van der Waals surface area contributed by atoms with Crippen LogP contribution in [0.1, 0.15) is 12.5 Å². The first-order valence-electron chi connectivity index (χ1n) is 8.45. The van der Waals surface area contributed by atoms with Crippen LogP contribution < -0.4 is 5.32 Å². The zero-order valence-corrected chi connectivity index (χ0v) is 14.7. The van der Waals surface area contributed by atoms with Crippen molar-refractivity contribution in [2.24, 2.45) is 0 Å². The summed E-state index contributed by atoms with van der Waals surface area (Å²) in [4.78, 5) is 24.1. The van der Waals surface area contributed by atoms with Gasteiger partial charge < -0.3 is 10.1 Å². The van der Waals surface area contributed by atoms with Crippen LogP contribution >= 0.6 is 0 Å². The molecule has 5 heteroatoms. The van der Waals surface area contributed by atoms with Gasteiger partial charge in [-0.05, 0) is 53.6 Å². The quantitative estimate of drug-likeness (QED) is 0.534. The van der Waals surface area contributed by atoms with Gasteiger partial charge in [-0.15, -0.1) is 0 Å². The summed E-state index contributed by atoms with van der Waals surface area (Å²) in [5.74, 6) is -1.43. The summed E-state index contributed by atoms with van der Waals surface area (Å²) in [6, 6.07) is 19.0. The number of amides is 1. The molecule has 0 heterocycles. The Morgan fingerprint density at radius 2 is 1.70 bits per heavy atom. The predicted octanol–water partition coefficient (Wildman–Crippen LogP) is 4.56. The van der Waals surface area contributed by atoms with Crippen molar-refractivity contribution >= 4 is 34.4 Å². The molecule has 4 nitrogen and oxygen atoms in total. The minimum absolute atomic E-state index is 0.353. The standard InChI is InChI=1S/C22H18FNO3/c1-15(27-21(25)13-8-16-6-10-19(23)11-7-16)22(26)24-20-12-9-17-4-2-3-5-18(17)14-20/h2-15H,1H3,(H,24,26)/b13-8+/t15-/m1/s1. The van der Waals surface area contributed by atoms with Gasteiger partial charge in [0, 0.05) is 11.8 Å². The second kappa shape index (κ2) is 8.27. The van der Waals surface area contributed by atoms with Crippen molar-refractivity contribution in [3.05, 3.63) is 84.2 Å². The van der Waals surface area contributed by atoms with E-state index in [1.54, 1.807) is 6.07 Å². The average Bonchev–Trinajstić information content (AvgIpc) is 2.67. The normalized spacial score (nSPS) is 12.1. The highest BCUT2D eigenvalue weighted by molar-refractivity contribution is 5.98. The minimum atomic E-state index is -0.957. The number of ether oxygens (including phenoxy) is 1. The Morgan fingerprint density at radius 1 is 1.00 bits per heavy atom. The smallest absolute Gasteiger partial charge is 0.331 e. The number of nitrogens with one attached hydrogen (secondary N) is 1. The van der Waals surface area contributed by atoms with Crippen molar-refractivity contribution in [3.8, 4) is 0 Å². The number of carbonyl (C=O) groups excluding carboxylic acids is 2. The lowest BCUT2D eigenvalue weighted by molar-refractivity contribution is -0.148. The minimum Gasteiger partial charge on any atom is -0.449 e. The van der Waals surface area contributed by atoms with Gasteiger partial charge in [0.05, 0.1) is 0 Å². The molecule has 1 N–H and O–H groups in total. The van der Waals surface area contributed by atoms with Gasteiger partial charge in [0.2, 0.25) is 0 Å². The molecular weight excluding hydrogens is 345 g/mol. The fraction of sp³-hybridized carbons (Fsp3) is 0.0909. The number of carbonyl (C=O) groups is 2. The Bertz CT molecular complexity index is 996. The van der Waals surface area contributed by atoms with E-state index in [4.69, 9.17) is 4.74 Å². The van der Waals surface area contributed by atoms with Crippen LogP contribution in [0.15, 0.2) is 72.8 Å². The molecule has 0 fully saturated rings. The second-order valence-corrected chi connectivity index (χ2v) is 6.02. The molecule has 0 saturated heterocycles. The number of hydrogen-bond donors (Lipinski definition) is 1. The van der Waals surface area contributed by atoms with Crippen LogP contribution in [-0.2, 0) is 14.3 Å². The van der Waals surface area contributed by atoms with Crippen LogP contribution in [0.25, 0.3) is 16.8 Å². The highest BCUT2D eigenvalue weighted by Crippen LogP contribution is 2.19. The van der Waals surface area contributed by atoms with Crippen LogP contribution in [0.3, 0.4) is 0 Å². The Labute approximate surface area is 156 Å². The van der Waals surface area contributed by atoms with Gasteiger partial charge in [-0.25, -0.2) is 9.18 Å². The van der Waals surface area contributed by atoms with Gasteiger partial charge in [0.1, 0.15) is 5.82 Å². The van der Waals surface area contributed by atoms with Crippen LogP contribution in [-0.4, -0.2) is 18.0 Å². The number of rotatable bonds is 5. The van der Waals surface area contributed by atoms with Crippen molar-refractivity contribution in [3.63, 3.8) is 0 Å². The van der Waals surface area contributed by atoms with E-state index in [9.17, 15) is 14.0 Å². The SMILES string of the molecule is C[C@@H](OC(=O)/C=C/c1ccc(F)cc1)C(=O)Nc1ccc2ccccc2c1. The lowest BCUT2D eigenvalue weighted by atomic mass is 10.1. The van der Waals surface area contributed by atoms with Crippen molar-refractivity contribution < 1.29 is 18.7 Å². The van der Waals surface area contributed by atoms with E-state index in [1.807, 2.05) is 36.4 Å². The highest BCUT2D eigenvalue weighted by Gasteiger charge is 2.16. The molecule has 3 rings (SSSR count). The number of esters is 1. The maximum absolute atomic E-state index is 12.9. The van der Waals surface area contributed by atoms with Crippen molar-refractivity contribution in [2.75, 3.05) is 5.32 Å². The molecule has 0 saturated carbocycles. The van der Waals surface area contributed by atoms with E-state index < -0.39 is 18.0 Å². The predicted molar refractivity (Wildman–Crippen MR) is 104 cm³/mol. The second-order valence-electron chi connectivity index (χ2n) is 6.02. The number of hydrogen-bond acceptors (Lipinski definition) is 3. The van der Waals surface area contributed by atoms with Gasteiger partial charge in [0.25, 0.3) is 5.91 Å². The lowest BCUT2D eigenvalue weighted by Crippen LogP contribution is -2.29. The zero-order valence-electron chi connectivity index (χ0n) is 14.7. The third-order valence-corrected chi connectivity index (χ3v) is 3.96. The molecule has 0 aromatic heterocycles. The first-order valence-corrected chi connectivity index (χ1v) is 8.45. The molecule has 0 aliphatic carbocycles. The van der Waals surface area contributed by atoms with Crippen molar-refractivity contribution in [2.45, 2.75) is 13.0 Å². The number of halogens is 1. The topological polar surface area (TPSA) is 55.4 Å². The van der Waals surface area contributed by atoms with Crippen LogP contribution in [0.4, 0.5) is 10.1 Å². The van der Waals surface area contributed by atoms with E-state index in [2.05, 4.69) is 5.32 Å². The molecule has 1 atom stereocenters. The molecule has 0 aliphatic heterocycles. The number of benzene rings is 3. The van der Waals surface area contributed by atoms with Crippen LogP contribution in [0, 0.1) is 5.82 Å². The van der Waals surface area contributed by atoms with Gasteiger partial charge in [-0.3, -0.25) is 4.79 Å². The third-order valence-electron chi connectivity index (χ3n) is 3.96. The molecular formula is C22H18FNO3. The number of anilines is 1. The van der Waals surface area contributed by atoms with Crippen molar-refractivity contribution in [1.82, 2.24) is 0 Å². The van der Waals surface area contributed by atoms with Crippen molar-refractivity contribution in [1.29, 1.82) is 0 Å². The average molecular weight is 363 g/mol. The Hall–Kier alpha value is -3.47. The summed E-state index contributed by atoms with van der Waals surface area (Å²) in [5, 5.41) is 4.81. The molecule has 0 radical (unpaired) electrons. The largest absolute Gasteiger partial charge is 0.449 e. The van der Waals surface area contributed by atoms with Gasteiger partial charge in [0.15, 0.2) is 6.10 Å². The Kier molecular flexibility index (Phi) is 5.61. The lowest BCUT2D eigenvalue weighted by Gasteiger charge is -2.13. The first kappa shape index (κ1) is 18.3. The maximum atomic E-state index is 12.9. The summed E-state index contributed by atoms with van der Waals surface area (Å²) < 4.78 is 18.0. The van der Waals surface area contributed by atoms with Crippen LogP contribution in [0.5, 0.6) is 0 Å². The molecule has 3 aromatic carbocycles. The molecule has 0 unspecified atom stereocenters. The first-order chi connectivity index (χ1) is 13.0. The molecule has 0 aliphatic rings. The van der Waals surface area contributed by atoms with Gasteiger partial charge in [-0.2, -0.15) is 0 Å². The number of fused-ring (bicyclic) bond motifs is 1. The summed E-state index contributed by atoms with van der Waals surface area (Å²) in [6.45, 7) is 1.50. The fourth-order valence-corrected chi connectivity index (χ4v) is 2.52. The highest BCUT2D eigenvalue weighted by atomic mass is 19.1. The molecule has 3 aromatic rings. The molecule has 0 spiro atoms. The summed E-state index contributed by atoms with van der Waals surface area (Å²) in [6.07, 6.45) is 1.74. The van der Waals surface area contributed by atoms with E-state index in [-0.39, 0.29) is 5.82 Å². The third kappa shape index (κ3) is 5.01.